The number of carbonyl (C=O) groups is 3. The van der Waals surface area contributed by atoms with E-state index in [1.54, 1.807) is 37.3 Å². The average molecular weight is 505 g/mol. The normalized spacial score (nSPS) is 14.9. The summed E-state index contributed by atoms with van der Waals surface area (Å²) in [5.74, 6) is -1.12. The van der Waals surface area contributed by atoms with Gasteiger partial charge in [-0.3, -0.25) is 14.5 Å². The second-order valence-corrected chi connectivity index (χ2v) is 8.76. The van der Waals surface area contributed by atoms with Gasteiger partial charge in [0.25, 0.3) is 5.91 Å². The van der Waals surface area contributed by atoms with Crippen LogP contribution in [0.4, 0.5) is 5.69 Å². The molecule has 2 amide bonds. The van der Waals surface area contributed by atoms with E-state index < -0.39 is 5.97 Å². The Bertz CT molecular complexity index is 1040. The Hall–Kier alpha value is -2.49. The molecule has 3 rings (SSSR count). The van der Waals surface area contributed by atoms with E-state index in [4.69, 9.17) is 17.0 Å². The Labute approximate surface area is 191 Å². The third kappa shape index (κ3) is 5.56. The van der Waals surface area contributed by atoms with Crippen LogP contribution >= 0.6 is 39.9 Å². The molecule has 0 bridgehead atoms. The van der Waals surface area contributed by atoms with Crippen molar-refractivity contribution in [3.05, 3.63) is 69.0 Å². The number of halogens is 1. The zero-order valence-electron chi connectivity index (χ0n) is 15.9. The van der Waals surface area contributed by atoms with E-state index in [9.17, 15) is 14.4 Å². The van der Waals surface area contributed by atoms with Crippen molar-refractivity contribution in [2.45, 2.75) is 6.92 Å². The molecule has 0 spiro atoms. The van der Waals surface area contributed by atoms with E-state index in [0.29, 0.717) is 20.5 Å². The van der Waals surface area contributed by atoms with Crippen LogP contribution in [0, 0.1) is 0 Å². The summed E-state index contributed by atoms with van der Waals surface area (Å²) in [4.78, 5) is 38.5. The van der Waals surface area contributed by atoms with E-state index in [1.165, 1.54) is 4.90 Å². The summed E-state index contributed by atoms with van der Waals surface area (Å²) >= 11 is 9.84. The summed E-state index contributed by atoms with van der Waals surface area (Å²) in [7, 11) is 0. The van der Waals surface area contributed by atoms with Crippen LogP contribution < -0.4 is 5.32 Å². The zero-order chi connectivity index (χ0) is 21.7. The van der Waals surface area contributed by atoms with Crippen molar-refractivity contribution < 1.29 is 19.1 Å². The smallest absolute Gasteiger partial charge is 0.338 e. The summed E-state index contributed by atoms with van der Waals surface area (Å²) in [6.07, 6.45) is 1.75. The first-order valence-electron chi connectivity index (χ1n) is 8.95. The molecule has 30 heavy (non-hydrogen) atoms. The minimum Gasteiger partial charge on any atom is -0.462 e. The molecule has 0 unspecified atom stereocenters. The van der Waals surface area contributed by atoms with Crippen molar-refractivity contribution in [2.24, 2.45) is 0 Å². The van der Waals surface area contributed by atoms with Crippen molar-refractivity contribution >= 4 is 73.8 Å². The van der Waals surface area contributed by atoms with Crippen LogP contribution in [0.2, 0.25) is 0 Å². The molecule has 6 nitrogen and oxygen atoms in total. The van der Waals surface area contributed by atoms with Crippen LogP contribution in [0.15, 0.2) is 57.9 Å². The number of carbonyl (C=O) groups excluding carboxylic acids is 3. The molecule has 0 aromatic heterocycles. The van der Waals surface area contributed by atoms with Gasteiger partial charge in [-0.15, -0.1) is 0 Å². The molecule has 1 fully saturated rings. The van der Waals surface area contributed by atoms with Gasteiger partial charge >= 0.3 is 5.97 Å². The van der Waals surface area contributed by atoms with Crippen molar-refractivity contribution in [3.63, 3.8) is 0 Å². The summed E-state index contributed by atoms with van der Waals surface area (Å²) in [5, 5.41) is 2.70. The van der Waals surface area contributed by atoms with Crippen molar-refractivity contribution in [1.82, 2.24) is 4.90 Å². The average Bonchev–Trinajstić information content (AvgIpc) is 2.96. The standard InChI is InChI=1S/C21H17BrN2O4S2/c1-2-28-20(27)14-6-8-16(9-7-14)23-18(25)12-24-19(26)17(30-21(24)29)11-13-4-3-5-15(22)10-13/h3-11H,2,12H2,1H3,(H,23,25)/b17-11-. The number of nitrogens with one attached hydrogen (secondary N) is 1. The van der Waals surface area contributed by atoms with Crippen LogP contribution in [0.25, 0.3) is 6.08 Å². The molecule has 0 aliphatic carbocycles. The summed E-state index contributed by atoms with van der Waals surface area (Å²) in [5.41, 5.74) is 1.75. The van der Waals surface area contributed by atoms with Gasteiger partial charge in [-0.05, 0) is 55.0 Å². The molecular weight excluding hydrogens is 488 g/mol. The van der Waals surface area contributed by atoms with Gasteiger partial charge in [-0.2, -0.15) is 0 Å². The Morgan fingerprint density at radius 1 is 1.23 bits per heavy atom. The number of nitrogens with zero attached hydrogens (tertiary/aromatic N) is 1. The van der Waals surface area contributed by atoms with E-state index in [-0.39, 0.29) is 25.0 Å². The fourth-order valence-corrected chi connectivity index (χ4v) is 4.30. The second-order valence-electron chi connectivity index (χ2n) is 6.17. The van der Waals surface area contributed by atoms with Crippen molar-refractivity contribution in [1.29, 1.82) is 0 Å². The molecule has 0 saturated carbocycles. The molecule has 0 atom stereocenters. The van der Waals surface area contributed by atoms with Crippen molar-refractivity contribution in [3.8, 4) is 0 Å². The summed E-state index contributed by atoms with van der Waals surface area (Å²) < 4.78 is 6.16. The van der Waals surface area contributed by atoms with Gasteiger partial charge in [0, 0.05) is 10.2 Å². The van der Waals surface area contributed by atoms with Crippen LogP contribution in [0.5, 0.6) is 0 Å². The van der Waals surface area contributed by atoms with Gasteiger partial charge in [0.15, 0.2) is 0 Å². The third-order valence-electron chi connectivity index (χ3n) is 4.00. The van der Waals surface area contributed by atoms with E-state index >= 15 is 0 Å². The lowest BCUT2D eigenvalue weighted by atomic mass is 10.2. The lowest BCUT2D eigenvalue weighted by molar-refractivity contribution is -0.126. The first-order valence-corrected chi connectivity index (χ1v) is 11.0. The monoisotopic (exact) mass is 504 g/mol. The molecule has 1 aliphatic rings. The highest BCUT2D eigenvalue weighted by atomic mass is 79.9. The van der Waals surface area contributed by atoms with Gasteiger partial charge in [-0.1, -0.05) is 52.0 Å². The van der Waals surface area contributed by atoms with Gasteiger partial charge in [0.05, 0.1) is 17.1 Å². The minimum atomic E-state index is -0.426. The third-order valence-corrected chi connectivity index (χ3v) is 5.87. The fourth-order valence-electron chi connectivity index (χ4n) is 2.63. The van der Waals surface area contributed by atoms with Gasteiger partial charge in [-0.25, -0.2) is 4.79 Å². The first-order chi connectivity index (χ1) is 14.4. The number of rotatable bonds is 6. The quantitative estimate of drug-likeness (QED) is 0.355. The minimum absolute atomic E-state index is 0.194. The SMILES string of the molecule is CCOC(=O)c1ccc(NC(=O)CN2C(=O)/C(=C/c3cccc(Br)c3)SC2=S)cc1. The number of esters is 1. The van der Waals surface area contributed by atoms with Gasteiger partial charge in [0.2, 0.25) is 5.91 Å². The fraction of sp³-hybridized carbons (Fsp3) is 0.143. The molecular formula is C21H17BrN2O4S2. The highest BCUT2D eigenvalue weighted by Crippen LogP contribution is 2.32. The molecule has 1 heterocycles. The van der Waals surface area contributed by atoms with E-state index in [2.05, 4.69) is 21.2 Å². The number of hydrogen-bond acceptors (Lipinski definition) is 6. The number of thioether (sulfide) groups is 1. The molecule has 9 heteroatoms. The lowest BCUT2D eigenvalue weighted by Gasteiger charge is -2.14. The molecule has 2 aromatic carbocycles. The predicted octanol–water partition coefficient (Wildman–Crippen LogP) is 4.47. The second kappa shape index (κ2) is 10.0. The first kappa shape index (κ1) is 22.2. The number of ether oxygens (including phenoxy) is 1. The van der Waals surface area contributed by atoms with Gasteiger partial charge in [0.1, 0.15) is 10.9 Å². The van der Waals surface area contributed by atoms with Crippen LogP contribution in [0.1, 0.15) is 22.8 Å². The van der Waals surface area contributed by atoms with Crippen LogP contribution in [-0.4, -0.2) is 40.2 Å². The number of benzene rings is 2. The Kier molecular flexibility index (Phi) is 7.41. The molecule has 1 N–H and O–H groups in total. The Balaban J connectivity index is 1.63. The maximum Gasteiger partial charge on any atom is 0.338 e. The van der Waals surface area contributed by atoms with Crippen molar-refractivity contribution in [2.75, 3.05) is 18.5 Å². The Morgan fingerprint density at radius 2 is 1.97 bits per heavy atom. The van der Waals surface area contributed by atoms with E-state index in [1.807, 2.05) is 24.3 Å². The molecule has 154 valence electrons. The topological polar surface area (TPSA) is 75.7 Å². The molecule has 2 aromatic rings. The summed E-state index contributed by atoms with van der Waals surface area (Å²) in [6, 6.07) is 13.9. The predicted molar refractivity (Wildman–Crippen MR) is 125 cm³/mol. The number of hydrogen-bond donors (Lipinski definition) is 1. The number of amides is 2. The highest BCUT2D eigenvalue weighted by Gasteiger charge is 2.33. The zero-order valence-corrected chi connectivity index (χ0v) is 19.1. The molecule has 1 aliphatic heterocycles. The van der Waals surface area contributed by atoms with Crippen LogP contribution in [0.3, 0.4) is 0 Å². The Morgan fingerprint density at radius 3 is 2.63 bits per heavy atom. The number of anilines is 1. The van der Waals surface area contributed by atoms with Crippen LogP contribution in [-0.2, 0) is 14.3 Å². The lowest BCUT2D eigenvalue weighted by Crippen LogP contribution is -2.36. The maximum absolute atomic E-state index is 12.7. The maximum atomic E-state index is 12.7. The van der Waals surface area contributed by atoms with E-state index in [0.717, 1.165) is 21.8 Å². The largest absolute Gasteiger partial charge is 0.462 e. The molecule has 1 saturated heterocycles. The highest BCUT2D eigenvalue weighted by molar-refractivity contribution is 9.10. The molecule has 0 radical (unpaired) electrons. The summed E-state index contributed by atoms with van der Waals surface area (Å²) in [6.45, 7) is 1.82. The number of thiocarbonyl (C=S) groups is 1. The van der Waals surface area contributed by atoms with Gasteiger partial charge < -0.3 is 10.1 Å².